The maximum atomic E-state index is 12.7. The molecule has 0 heterocycles. The zero-order valence-electron chi connectivity index (χ0n) is 16.3. The average molecular weight is 354 g/mol. The van der Waals surface area contributed by atoms with E-state index in [4.69, 9.17) is 14.2 Å². The number of benzene rings is 2. The van der Waals surface area contributed by atoms with Crippen LogP contribution in [0.4, 0.5) is 0 Å². The number of rotatable bonds is 5. The number of carbonyl (C=O) groups is 1. The summed E-state index contributed by atoms with van der Waals surface area (Å²) < 4.78 is 16.0. The summed E-state index contributed by atoms with van der Waals surface area (Å²) >= 11 is 0. The van der Waals surface area contributed by atoms with Crippen LogP contribution in [0.1, 0.15) is 38.8 Å². The fourth-order valence-corrected chi connectivity index (χ4v) is 2.57. The third kappa shape index (κ3) is 4.88. The minimum absolute atomic E-state index is 0.334. The lowest BCUT2D eigenvalue weighted by Crippen LogP contribution is -2.24. The van der Waals surface area contributed by atoms with E-state index in [0.29, 0.717) is 5.57 Å². The Labute approximate surface area is 155 Å². The molecule has 138 valence electrons. The normalized spacial score (nSPS) is 10.8. The van der Waals surface area contributed by atoms with Crippen molar-refractivity contribution in [1.29, 1.82) is 0 Å². The summed E-state index contributed by atoms with van der Waals surface area (Å²) in [6.45, 7) is 7.37. The molecule has 0 radical (unpaired) electrons. The second kappa shape index (κ2) is 8.09. The predicted molar refractivity (Wildman–Crippen MR) is 104 cm³/mol. The first-order valence-electron chi connectivity index (χ1n) is 8.48. The summed E-state index contributed by atoms with van der Waals surface area (Å²) in [5.41, 5.74) is 2.65. The van der Waals surface area contributed by atoms with Crippen LogP contribution in [0.25, 0.3) is 5.57 Å². The zero-order chi connectivity index (χ0) is 19.3. The monoisotopic (exact) mass is 354 g/mol. The molecular weight excluding hydrogens is 328 g/mol. The molecule has 2 aromatic carbocycles. The molecule has 0 aliphatic carbocycles. The molecule has 26 heavy (non-hydrogen) atoms. The van der Waals surface area contributed by atoms with Gasteiger partial charge in [-0.1, -0.05) is 24.3 Å². The van der Waals surface area contributed by atoms with Crippen LogP contribution in [-0.2, 0) is 9.53 Å². The molecule has 0 amide bonds. The van der Waals surface area contributed by atoms with E-state index in [-0.39, 0.29) is 5.97 Å². The van der Waals surface area contributed by atoms with Crippen molar-refractivity contribution in [2.45, 2.75) is 33.3 Å². The minimum Gasteiger partial charge on any atom is -0.497 e. The summed E-state index contributed by atoms with van der Waals surface area (Å²) in [4.78, 5) is 12.7. The average Bonchev–Trinajstić information content (AvgIpc) is 2.61. The summed E-state index contributed by atoms with van der Waals surface area (Å²) in [6.07, 6.45) is 0. The van der Waals surface area contributed by atoms with E-state index in [2.05, 4.69) is 0 Å². The van der Waals surface area contributed by atoms with E-state index < -0.39 is 5.60 Å². The number of carbonyl (C=O) groups excluding carboxylic acids is 1. The lowest BCUT2D eigenvalue weighted by atomic mass is 9.93. The zero-order valence-corrected chi connectivity index (χ0v) is 16.3. The highest BCUT2D eigenvalue weighted by Crippen LogP contribution is 2.30. The Kier molecular flexibility index (Phi) is 6.09. The van der Waals surface area contributed by atoms with E-state index >= 15 is 0 Å². The maximum absolute atomic E-state index is 12.7. The highest BCUT2D eigenvalue weighted by atomic mass is 16.6. The Balaban J connectivity index is 2.55. The van der Waals surface area contributed by atoms with Crippen LogP contribution in [0, 0.1) is 0 Å². The van der Waals surface area contributed by atoms with Crippen molar-refractivity contribution < 1.29 is 19.0 Å². The molecule has 0 saturated carbocycles. The van der Waals surface area contributed by atoms with Gasteiger partial charge in [-0.05, 0) is 68.7 Å². The first-order valence-corrected chi connectivity index (χ1v) is 8.48. The first kappa shape index (κ1) is 19.6. The standard InChI is InChI=1S/C22H26O4/c1-15(21(23)26-22(2,3)4)20(16-7-11-18(24-5)12-8-16)17-9-13-19(25-6)14-10-17/h7-14H,1-6H3. The number of esters is 1. The molecule has 0 N–H and O–H groups in total. The largest absolute Gasteiger partial charge is 0.497 e. The number of ether oxygens (including phenoxy) is 3. The smallest absolute Gasteiger partial charge is 0.334 e. The van der Waals surface area contributed by atoms with Crippen molar-refractivity contribution in [2.75, 3.05) is 14.2 Å². The Hall–Kier alpha value is -2.75. The van der Waals surface area contributed by atoms with Gasteiger partial charge >= 0.3 is 5.97 Å². The van der Waals surface area contributed by atoms with E-state index in [9.17, 15) is 4.79 Å². The van der Waals surface area contributed by atoms with Gasteiger partial charge in [0.15, 0.2) is 0 Å². The summed E-state index contributed by atoms with van der Waals surface area (Å²) in [6, 6.07) is 15.3. The summed E-state index contributed by atoms with van der Waals surface area (Å²) in [7, 11) is 3.25. The highest BCUT2D eigenvalue weighted by molar-refractivity contribution is 6.01. The lowest BCUT2D eigenvalue weighted by Gasteiger charge is -2.21. The van der Waals surface area contributed by atoms with Crippen molar-refractivity contribution in [3.05, 3.63) is 65.2 Å². The molecule has 0 unspecified atom stereocenters. The van der Waals surface area contributed by atoms with Crippen LogP contribution in [0.5, 0.6) is 11.5 Å². The summed E-state index contributed by atoms with van der Waals surface area (Å²) in [5, 5.41) is 0. The Morgan fingerprint density at radius 3 is 1.46 bits per heavy atom. The molecule has 0 aliphatic rings. The van der Waals surface area contributed by atoms with Gasteiger partial charge in [0.25, 0.3) is 0 Å². The number of hydrogen-bond donors (Lipinski definition) is 0. The minimum atomic E-state index is -0.552. The molecule has 0 fully saturated rings. The van der Waals surface area contributed by atoms with Gasteiger partial charge in [0.1, 0.15) is 17.1 Å². The topological polar surface area (TPSA) is 44.8 Å². The van der Waals surface area contributed by atoms with E-state index in [1.54, 1.807) is 21.1 Å². The molecule has 0 spiro atoms. The Morgan fingerprint density at radius 1 is 0.769 bits per heavy atom. The van der Waals surface area contributed by atoms with E-state index in [1.807, 2.05) is 69.3 Å². The molecule has 4 heteroatoms. The van der Waals surface area contributed by atoms with Gasteiger partial charge in [-0.3, -0.25) is 0 Å². The third-order valence-corrected chi connectivity index (χ3v) is 3.84. The van der Waals surface area contributed by atoms with Crippen molar-refractivity contribution >= 4 is 11.5 Å². The molecule has 0 bridgehead atoms. The van der Waals surface area contributed by atoms with Crippen molar-refractivity contribution in [2.24, 2.45) is 0 Å². The highest BCUT2D eigenvalue weighted by Gasteiger charge is 2.21. The Morgan fingerprint density at radius 2 is 1.15 bits per heavy atom. The quantitative estimate of drug-likeness (QED) is 0.568. The van der Waals surface area contributed by atoms with Crippen molar-refractivity contribution in [3.8, 4) is 11.5 Å². The molecule has 0 aromatic heterocycles. The van der Waals surface area contributed by atoms with E-state index in [1.165, 1.54) is 0 Å². The predicted octanol–water partition coefficient (Wildman–Crippen LogP) is 4.87. The SMILES string of the molecule is COc1ccc(C(=C(C)C(=O)OC(C)(C)C)c2ccc(OC)cc2)cc1. The fraction of sp³-hybridized carbons (Fsp3) is 0.318. The van der Waals surface area contributed by atoms with Gasteiger partial charge < -0.3 is 14.2 Å². The van der Waals surface area contributed by atoms with Gasteiger partial charge in [-0.15, -0.1) is 0 Å². The number of methoxy groups -OCH3 is 2. The van der Waals surface area contributed by atoms with E-state index in [0.717, 1.165) is 28.2 Å². The van der Waals surface area contributed by atoms with Crippen LogP contribution in [-0.4, -0.2) is 25.8 Å². The van der Waals surface area contributed by atoms with Gasteiger partial charge in [0, 0.05) is 5.57 Å². The molecule has 2 aromatic rings. The van der Waals surface area contributed by atoms with Gasteiger partial charge in [-0.2, -0.15) is 0 Å². The lowest BCUT2D eigenvalue weighted by molar-refractivity contribution is -0.149. The van der Waals surface area contributed by atoms with Crippen molar-refractivity contribution in [3.63, 3.8) is 0 Å². The molecule has 2 rings (SSSR count). The van der Waals surface area contributed by atoms with Crippen molar-refractivity contribution in [1.82, 2.24) is 0 Å². The summed E-state index contributed by atoms with van der Waals surface area (Å²) in [5.74, 6) is 1.19. The molecule has 0 aliphatic heterocycles. The van der Waals surface area contributed by atoms with Crippen LogP contribution < -0.4 is 9.47 Å². The first-order chi connectivity index (χ1) is 12.2. The van der Waals surface area contributed by atoms with Crippen LogP contribution in [0.15, 0.2) is 54.1 Å². The number of hydrogen-bond acceptors (Lipinski definition) is 4. The second-order valence-electron chi connectivity index (χ2n) is 6.96. The fourth-order valence-electron chi connectivity index (χ4n) is 2.57. The molecule has 0 saturated heterocycles. The Bertz CT molecular complexity index is 729. The molecule has 0 atom stereocenters. The molecule has 4 nitrogen and oxygen atoms in total. The maximum Gasteiger partial charge on any atom is 0.334 e. The van der Waals surface area contributed by atoms with Crippen LogP contribution in [0.3, 0.4) is 0 Å². The second-order valence-corrected chi connectivity index (χ2v) is 6.96. The van der Waals surface area contributed by atoms with Gasteiger partial charge in [-0.25, -0.2) is 4.79 Å². The van der Waals surface area contributed by atoms with Gasteiger partial charge in [0.05, 0.1) is 14.2 Å². The van der Waals surface area contributed by atoms with Crippen LogP contribution >= 0.6 is 0 Å². The van der Waals surface area contributed by atoms with Crippen LogP contribution in [0.2, 0.25) is 0 Å². The third-order valence-electron chi connectivity index (χ3n) is 3.84. The van der Waals surface area contributed by atoms with Gasteiger partial charge in [0.2, 0.25) is 0 Å². The molecular formula is C22H26O4.